The number of nitrogens with one attached hydrogen (secondary N) is 1. The third-order valence-corrected chi connectivity index (χ3v) is 5.16. The molecule has 7 nitrogen and oxygen atoms in total. The fraction of sp³-hybridized carbons (Fsp3) is 0.474. The second-order valence-corrected chi connectivity index (χ2v) is 7.03. The molecule has 136 valence electrons. The highest BCUT2D eigenvalue weighted by Gasteiger charge is 2.38. The quantitative estimate of drug-likeness (QED) is 0.902. The molecule has 1 N–H and O–H groups in total. The van der Waals surface area contributed by atoms with Crippen molar-refractivity contribution in [2.24, 2.45) is 11.8 Å². The second kappa shape index (κ2) is 7.88. The summed E-state index contributed by atoms with van der Waals surface area (Å²) in [6.45, 7) is 3.35. The number of amides is 1. The summed E-state index contributed by atoms with van der Waals surface area (Å²) in [6, 6.07) is 4.08. The maximum Gasteiger partial charge on any atom is 0.231 e. The van der Waals surface area contributed by atoms with Gasteiger partial charge in [0.15, 0.2) is 5.82 Å². The van der Waals surface area contributed by atoms with Crippen LogP contribution in [0.1, 0.15) is 18.4 Å². The van der Waals surface area contributed by atoms with Gasteiger partial charge in [-0.25, -0.2) is 4.98 Å². The number of pyridine rings is 1. The predicted octanol–water partition coefficient (Wildman–Crippen LogP) is 1.74. The first-order chi connectivity index (χ1) is 12.8. The van der Waals surface area contributed by atoms with E-state index in [4.69, 9.17) is 4.74 Å². The lowest BCUT2D eigenvalue weighted by atomic mass is 9.83. The number of fused-ring (bicyclic) bond motifs is 1. The number of ether oxygens (including phenoxy) is 1. The molecule has 26 heavy (non-hydrogen) atoms. The van der Waals surface area contributed by atoms with Crippen molar-refractivity contribution in [2.45, 2.75) is 25.5 Å². The Morgan fingerprint density at radius 3 is 3.00 bits per heavy atom. The summed E-state index contributed by atoms with van der Waals surface area (Å²) in [5.41, 5.74) is 1.22. The molecule has 7 heteroatoms. The molecule has 0 unspecified atom stereocenters. The van der Waals surface area contributed by atoms with Crippen molar-refractivity contribution in [3.8, 4) is 0 Å². The minimum atomic E-state index is -0.142. The number of likely N-dealkylation sites (tertiary alicyclic amines) is 1. The number of carbonyl (C=O) groups excluding carboxylic acids is 1. The molecular formula is C19H23N5O2. The monoisotopic (exact) mass is 353 g/mol. The van der Waals surface area contributed by atoms with Gasteiger partial charge < -0.3 is 10.1 Å². The minimum Gasteiger partial charge on any atom is -0.377 e. The van der Waals surface area contributed by atoms with Crippen LogP contribution < -0.4 is 5.32 Å². The number of hydrogen-bond donors (Lipinski definition) is 1. The van der Waals surface area contributed by atoms with Crippen LogP contribution in [0.15, 0.2) is 43.1 Å². The number of hydrogen-bond acceptors (Lipinski definition) is 6. The zero-order valence-corrected chi connectivity index (χ0v) is 14.6. The first-order valence-electron chi connectivity index (χ1n) is 9.07. The number of carbonyl (C=O) groups is 1. The maximum atomic E-state index is 12.5. The standard InChI is InChI=1S/C19H23N5O2/c25-19(23-18-10-21-5-6-22-18)16-8-15-12-24(7-3-17(15)26-13-16)11-14-2-1-4-20-9-14/h1-2,4-6,9-10,15-17H,3,7-8,11-13H2,(H,22,23,25)/t15-,16-,17+/m0/s1. The lowest BCUT2D eigenvalue weighted by Crippen LogP contribution is -2.49. The minimum absolute atomic E-state index is 0.0340. The molecule has 2 aromatic rings. The van der Waals surface area contributed by atoms with E-state index in [0.717, 1.165) is 32.5 Å². The molecule has 3 atom stereocenters. The van der Waals surface area contributed by atoms with Gasteiger partial charge in [-0.05, 0) is 30.4 Å². The highest BCUT2D eigenvalue weighted by Crippen LogP contribution is 2.32. The van der Waals surface area contributed by atoms with Crippen LogP contribution >= 0.6 is 0 Å². The average Bonchev–Trinajstić information content (AvgIpc) is 2.69. The molecule has 2 aliphatic rings. The van der Waals surface area contributed by atoms with E-state index in [0.29, 0.717) is 18.3 Å². The van der Waals surface area contributed by atoms with Crippen LogP contribution in [0.2, 0.25) is 0 Å². The van der Waals surface area contributed by atoms with E-state index >= 15 is 0 Å². The number of aromatic nitrogens is 3. The van der Waals surface area contributed by atoms with Crippen molar-refractivity contribution in [1.29, 1.82) is 0 Å². The van der Waals surface area contributed by atoms with Crippen molar-refractivity contribution >= 4 is 11.7 Å². The topological polar surface area (TPSA) is 80.2 Å². The smallest absolute Gasteiger partial charge is 0.231 e. The molecule has 0 spiro atoms. The van der Waals surface area contributed by atoms with Crippen molar-refractivity contribution in [1.82, 2.24) is 19.9 Å². The Balaban J connectivity index is 1.34. The Hall–Kier alpha value is -2.38. The fourth-order valence-corrected chi connectivity index (χ4v) is 3.87. The van der Waals surface area contributed by atoms with Crippen molar-refractivity contribution in [3.63, 3.8) is 0 Å². The molecule has 4 rings (SSSR count). The molecule has 0 aliphatic carbocycles. The van der Waals surface area contributed by atoms with E-state index in [1.807, 2.05) is 12.3 Å². The zero-order chi connectivity index (χ0) is 17.8. The van der Waals surface area contributed by atoms with Gasteiger partial charge in [0.25, 0.3) is 0 Å². The van der Waals surface area contributed by atoms with E-state index in [9.17, 15) is 4.79 Å². The summed E-state index contributed by atoms with van der Waals surface area (Å²) in [5, 5.41) is 2.84. The van der Waals surface area contributed by atoms with Crippen LogP contribution in [0.25, 0.3) is 0 Å². The van der Waals surface area contributed by atoms with E-state index in [1.165, 1.54) is 5.56 Å². The Kier molecular flexibility index (Phi) is 5.17. The van der Waals surface area contributed by atoms with E-state index in [-0.39, 0.29) is 17.9 Å². The van der Waals surface area contributed by atoms with Gasteiger partial charge in [-0.2, -0.15) is 0 Å². The Morgan fingerprint density at radius 2 is 2.19 bits per heavy atom. The van der Waals surface area contributed by atoms with Crippen LogP contribution in [-0.4, -0.2) is 51.6 Å². The van der Waals surface area contributed by atoms with Gasteiger partial charge in [0.1, 0.15) is 0 Å². The number of nitrogens with zero attached hydrogens (tertiary/aromatic N) is 4. The molecular weight excluding hydrogens is 330 g/mol. The highest BCUT2D eigenvalue weighted by atomic mass is 16.5. The first kappa shape index (κ1) is 17.1. The molecule has 1 amide bonds. The van der Waals surface area contributed by atoms with Gasteiger partial charge in [-0.3, -0.25) is 19.7 Å². The Morgan fingerprint density at radius 1 is 1.27 bits per heavy atom. The normalized spacial score (nSPS) is 26.1. The number of piperidine rings is 1. The maximum absolute atomic E-state index is 12.5. The van der Waals surface area contributed by atoms with Gasteiger partial charge in [-0.1, -0.05) is 6.07 Å². The van der Waals surface area contributed by atoms with Gasteiger partial charge in [0.2, 0.25) is 5.91 Å². The van der Waals surface area contributed by atoms with Crippen molar-refractivity contribution < 1.29 is 9.53 Å². The van der Waals surface area contributed by atoms with Gasteiger partial charge in [-0.15, -0.1) is 0 Å². The SMILES string of the molecule is O=C(Nc1cnccn1)[C@@H]1CO[C@@H]2CCN(Cc3cccnc3)C[C@@H]2C1. The fourth-order valence-electron chi connectivity index (χ4n) is 3.87. The Labute approximate surface area is 152 Å². The lowest BCUT2D eigenvalue weighted by Gasteiger charge is -2.43. The summed E-state index contributed by atoms with van der Waals surface area (Å²) < 4.78 is 6.02. The third kappa shape index (κ3) is 4.05. The molecule has 4 heterocycles. The summed E-state index contributed by atoms with van der Waals surface area (Å²) in [7, 11) is 0. The van der Waals surface area contributed by atoms with Gasteiger partial charge in [0, 0.05) is 44.4 Å². The largest absolute Gasteiger partial charge is 0.377 e. The summed E-state index contributed by atoms with van der Waals surface area (Å²) in [6.07, 6.45) is 10.6. The molecule has 2 aliphatic heterocycles. The molecule has 2 fully saturated rings. The summed E-state index contributed by atoms with van der Waals surface area (Å²) in [4.78, 5) is 27.2. The molecule has 0 saturated carbocycles. The molecule has 0 radical (unpaired) electrons. The van der Waals surface area contributed by atoms with Crippen LogP contribution in [0.4, 0.5) is 5.82 Å². The van der Waals surface area contributed by atoms with Crippen molar-refractivity contribution in [2.75, 3.05) is 25.0 Å². The number of anilines is 1. The zero-order valence-electron chi connectivity index (χ0n) is 14.6. The van der Waals surface area contributed by atoms with E-state index in [2.05, 4.69) is 31.2 Å². The average molecular weight is 353 g/mol. The number of rotatable bonds is 4. The highest BCUT2D eigenvalue weighted by molar-refractivity contribution is 5.91. The second-order valence-electron chi connectivity index (χ2n) is 7.03. The summed E-state index contributed by atoms with van der Waals surface area (Å²) >= 11 is 0. The van der Waals surface area contributed by atoms with Crippen LogP contribution in [-0.2, 0) is 16.1 Å². The Bertz CT molecular complexity index is 727. The van der Waals surface area contributed by atoms with Gasteiger partial charge in [0.05, 0.1) is 24.8 Å². The van der Waals surface area contributed by atoms with E-state index in [1.54, 1.807) is 24.8 Å². The molecule has 0 aromatic carbocycles. The molecule has 2 saturated heterocycles. The van der Waals surface area contributed by atoms with Crippen LogP contribution in [0, 0.1) is 11.8 Å². The lowest BCUT2D eigenvalue weighted by molar-refractivity contribution is -0.134. The van der Waals surface area contributed by atoms with Gasteiger partial charge >= 0.3 is 0 Å². The first-order valence-corrected chi connectivity index (χ1v) is 9.07. The van der Waals surface area contributed by atoms with Crippen molar-refractivity contribution in [3.05, 3.63) is 48.7 Å². The molecule has 2 aromatic heterocycles. The predicted molar refractivity (Wildman–Crippen MR) is 96.1 cm³/mol. The van der Waals surface area contributed by atoms with E-state index < -0.39 is 0 Å². The van der Waals surface area contributed by atoms with Crippen LogP contribution in [0.5, 0.6) is 0 Å². The third-order valence-electron chi connectivity index (χ3n) is 5.16. The van der Waals surface area contributed by atoms with Crippen LogP contribution in [0.3, 0.4) is 0 Å². The molecule has 0 bridgehead atoms. The summed E-state index contributed by atoms with van der Waals surface area (Å²) in [5.74, 6) is 0.693.